The minimum absolute atomic E-state index is 0.565. The molecule has 0 aromatic rings. The van der Waals surface area contributed by atoms with E-state index in [1.54, 1.807) is 7.11 Å². The molecule has 0 amide bonds. The molecule has 0 bridgehead atoms. The minimum atomic E-state index is 0.565. The second-order valence-corrected chi connectivity index (χ2v) is 2.27. The lowest BCUT2D eigenvalue weighted by atomic mass is 10.1. The van der Waals surface area contributed by atoms with Gasteiger partial charge in [-0.1, -0.05) is 25.7 Å². The van der Waals surface area contributed by atoms with Gasteiger partial charge < -0.3 is 4.74 Å². The van der Waals surface area contributed by atoms with Crippen molar-refractivity contribution < 1.29 is 4.74 Å². The predicted molar refractivity (Wildman–Crippen MR) is 43.7 cm³/mol. The van der Waals surface area contributed by atoms with Crippen LogP contribution in [0.1, 0.15) is 26.7 Å². The summed E-state index contributed by atoms with van der Waals surface area (Å²) < 4.78 is 4.81. The molecular weight excluding hydrogens is 124 g/mol. The fraction of sp³-hybridized carbons (Fsp3) is 0.778. The van der Waals surface area contributed by atoms with Crippen LogP contribution >= 0.6 is 0 Å². The second kappa shape index (κ2) is 6.64. The van der Waals surface area contributed by atoms with Crippen molar-refractivity contribution in [1.82, 2.24) is 0 Å². The molecular formula is C9H16O. The Morgan fingerprint density at radius 2 is 1.90 bits per heavy atom. The molecule has 0 N–H and O–H groups in total. The first kappa shape index (κ1) is 9.52. The Balaban J connectivity index is 3.52. The van der Waals surface area contributed by atoms with Gasteiger partial charge in [-0.15, -0.1) is 0 Å². The predicted octanol–water partition coefficient (Wildman–Crippen LogP) is 2.07. The smallest absolute Gasteiger partial charge is 0.107 e. The fourth-order valence-corrected chi connectivity index (χ4v) is 0.751. The maximum absolute atomic E-state index is 4.81. The molecule has 0 fully saturated rings. The van der Waals surface area contributed by atoms with Crippen LogP contribution in [-0.2, 0) is 4.74 Å². The Kier molecular flexibility index (Phi) is 6.32. The second-order valence-electron chi connectivity index (χ2n) is 2.27. The van der Waals surface area contributed by atoms with Crippen LogP contribution < -0.4 is 0 Å². The van der Waals surface area contributed by atoms with Crippen LogP contribution in [0.5, 0.6) is 0 Å². The van der Waals surface area contributed by atoms with Crippen molar-refractivity contribution in [3.63, 3.8) is 0 Å². The van der Waals surface area contributed by atoms with E-state index in [2.05, 4.69) is 25.7 Å². The van der Waals surface area contributed by atoms with E-state index in [1.807, 2.05) is 0 Å². The van der Waals surface area contributed by atoms with Gasteiger partial charge in [0.15, 0.2) is 0 Å². The molecule has 0 aliphatic carbocycles. The Bertz CT molecular complexity index is 114. The van der Waals surface area contributed by atoms with Crippen molar-refractivity contribution in [2.45, 2.75) is 26.7 Å². The standard InChI is InChI=1S/C9H16O/c1-4-9(5-2)7-6-8-10-3/h9H,4-5,8H2,1-3H3. The molecule has 0 heterocycles. The summed E-state index contributed by atoms with van der Waals surface area (Å²) >= 11 is 0. The van der Waals surface area contributed by atoms with Gasteiger partial charge in [0, 0.05) is 13.0 Å². The zero-order chi connectivity index (χ0) is 7.82. The van der Waals surface area contributed by atoms with Crippen LogP contribution in [0, 0.1) is 17.8 Å². The first-order chi connectivity index (χ1) is 4.85. The number of hydrogen-bond donors (Lipinski definition) is 0. The van der Waals surface area contributed by atoms with E-state index in [1.165, 1.54) is 0 Å². The van der Waals surface area contributed by atoms with Gasteiger partial charge in [-0.3, -0.25) is 0 Å². The highest BCUT2D eigenvalue weighted by Crippen LogP contribution is 2.03. The molecule has 0 aliphatic heterocycles. The molecule has 0 aromatic carbocycles. The number of hydrogen-bond acceptors (Lipinski definition) is 1. The SMILES string of the molecule is CCC(C#CCOC)CC. The number of rotatable bonds is 3. The lowest BCUT2D eigenvalue weighted by Gasteiger charge is -2.00. The number of methoxy groups -OCH3 is 1. The van der Waals surface area contributed by atoms with E-state index >= 15 is 0 Å². The monoisotopic (exact) mass is 140 g/mol. The van der Waals surface area contributed by atoms with Crippen LogP contribution in [0.2, 0.25) is 0 Å². The van der Waals surface area contributed by atoms with E-state index < -0.39 is 0 Å². The maximum Gasteiger partial charge on any atom is 0.107 e. The summed E-state index contributed by atoms with van der Waals surface area (Å²) in [5.41, 5.74) is 0. The molecule has 0 unspecified atom stereocenters. The Morgan fingerprint density at radius 1 is 1.30 bits per heavy atom. The van der Waals surface area contributed by atoms with Crippen LogP contribution in [0.4, 0.5) is 0 Å². The molecule has 0 aliphatic rings. The van der Waals surface area contributed by atoms with Gasteiger partial charge in [-0.05, 0) is 12.8 Å². The third kappa shape index (κ3) is 4.40. The van der Waals surface area contributed by atoms with Gasteiger partial charge in [0.2, 0.25) is 0 Å². The average Bonchev–Trinajstić information content (AvgIpc) is 1.99. The van der Waals surface area contributed by atoms with Crippen molar-refractivity contribution in [2.24, 2.45) is 5.92 Å². The highest BCUT2D eigenvalue weighted by Gasteiger charge is 1.94. The molecule has 58 valence electrons. The average molecular weight is 140 g/mol. The maximum atomic E-state index is 4.81. The summed E-state index contributed by atoms with van der Waals surface area (Å²) in [6.07, 6.45) is 2.29. The first-order valence-electron chi connectivity index (χ1n) is 3.82. The lowest BCUT2D eigenvalue weighted by Crippen LogP contribution is -1.92. The van der Waals surface area contributed by atoms with Gasteiger partial charge in [0.25, 0.3) is 0 Å². The van der Waals surface area contributed by atoms with Crippen LogP contribution in [0.15, 0.2) is 0 Å². The van der Waals surface area contributed by atoms with Crippen LogP contribution in [-0.4, -0.2) is 13.7 Å². The topological polar surface area (TPSA) is 9.23 Å². The van der Waals surface area contributed by atoms with Gasteiger partial charge in [0.05, 0.1) is 0 Å². The van der Waals surface area contributed by atoms with E-state index in [0.717, 1.165) is 12.8 Å². The Morgan fingerprint density at radius 3 is 2.30 bits per heavy atom. The Labute approximate surface area is 63.8 Å². The van der Waals surface area contributed by atoms with Crippen molar-refractivity contribution in [1.29, 1.82) is 0 Å². The normalized spacial score (nSPS) is 9.20. The molecule has 0 aromatic heterocycles. The molecule has 0 rings (SSSR count). The summed E-state index contributed by atoms with van der Waals surface area (Å²) in [4.78, 5) is 0. The molecule has 0 atom stereocenters. The van der Waals surface area contributed by atoms with Gasteiger partial charge in [-0.2, -0.15) is 0 Å². The third-order valence-corrected chi connectivity index (χ3v) is 1.51. The van der Waals surface area contributed by atoms with Crippen molar-refractivity contribution >= 4 is 0 Å². The first-order valence-corrected chi connectivity index (χ1v) is 3.82. The van der Waals surface area contributed by atoms with E-state index in [0.29, 0.717) is 12.5 Å². The van der Waals surface area contributed by atoms with Crippen LogP contribution in [0.25, 0.3) is 0 Å². The molecule has 1 heteroatoms. The van der Waals surface area contributed by atoms with Gasteiger partial charge >= 0.3 is 0 Å². The molecule has 0 spiro atoms. The summed E-state index contributed by atoms with van der Waals surface area (Å²) in [5.74, 6) is 6.67. The summed E-state index contributed by atoms with van der Waals surface area (Å²) in [5, 5.41) is 0. The van der Waals surface area contributed by atoms with Crippen molar-refractivity contribution in [3.05, 3.63) is 0 Å². The van der Waals surface area contributed by atoms with Gasteiger partial charge in [-0.25, -0.2) is 0 Å². The zero-order valence-corrected chi connectivity index (χ0v) is 7.11. The molecule has 0 radical (unpaired) electrons. The van der Waals surface area contributed by atoms with Crippen molar-refractivity contribution in [3.8, 4) is 11.8 Å². The Hall–Kier alpha value is -0.480. The third-order valence-electron chi connectivity index (χ3n) is 1.51. The zero-order valence-electron chi connectivity index (χ0n) is 7.11. The van der Waals surface area contributed by atoms with E-state index in [9.17, 15) is 0 Å². The highest BCUT2D eigenvalue weighted by molar-refractivity contribution is 5.03. The highest BCUT2D eigenvalue weighted by atomic mass is 16.5. The van der Waals surface area contributed by atoms with E-state index in [-0.39, 0.29) is 0 Å². The summed E-state index contributed by atoms with van der Waals surface area (Å²) in [6, 6.07) is 0. The van der Waals surface area contributed by atoms with E-state index in [4.69, 9.17) is 4.74 Å². The summed E-state index contributed by atoms with van der Waals surface area (Å²) in [6.45, 7) is 4.89. The fourth-order valence-electron chi connectivity index (χ4n) is 0.751. The van der Waals surface area contributed by atoms with Crippen molar-refractivity contribution in [2.75, 3.05) is 13.7 Å². The lowest BCUT2D eigenvalue weighted by molar-refractivity contribution is 0.239. The molecule has 0 saturated carbocycles. The number of ether oxygens (including phenoxy) is 1. The van der Waals surface area contributed by atoms with Gasteiger partial charge in [0.1, 0.15) is 6.61 Å². The largest absolute Gasteiger partial charge is 0.372 e. The minimum Gasteiger partial charge on any atom is -0.372 e. The quantitative estimate of drug-likeness (QED) is 0.545. The molecule has 1 nitrogen and oxygen atoms in total. The molecule has 0 saturated heterocycles. The summed E-state index contributed by atoms with van der Waals surface area (Å²) in [7, 11) is 1.67. The molecule has 10 heavy (non-hydrogen) atoms. The van der Waals surface area contributed by atoms with Crippen LogP contribution in [0.3, 0.4) is 0 Å².